The Balaban J connectivity index is 0.000000412. The Morgan fingerprint density at radius 1 is 1.31 bits per heavy atom. The van der Waals surface area contributed by atoms with Crippen LogP contribution in [0.4, 0.5) is 0 Å². The summed E-state index contributed by atoms with van der Waals surface area (Å²) in [5.74, 6) is -1.63. The minimum atomic E-state index is -1.27. The van der Waals surface area contributed by atoms with E-state index in [9.17, 15) is 9.59 Å². The normalized spacial score (nSPS) is 16.3. The molecule has 3 N–H and O–H groups in total. The summed E-state index contributed by atoms with van der Waals surface area (Å²) >= 11 is 5.90. The molecule has 1 aliphatic rings. The fourth-order valence-electron chi connectivity index (χ4n) is 2.04. The van der Waals surface area contributed by atoms with E-state index in [0.717, 1.165) is 5.56 Å². The molecule has 1 aromatic carbocycles. The number of aliphatic hydroxyl groups excluding tert-OH is 1. The van der Waals surface area contributed by atoms with Crippen molar-refractivity contribution in [1.82, 2.24) is 5.32 Å². The fourth-order valence-corrected chi connectivity index (χ4v) is 2.23. The minimum absolute atomic E-state index is 0.359. The highest BCUT2D eigenvalue weighted by Crippen LogP contribution is 2.48. The van der Waals surface area contributed by atoms with Gasteiger partial charge in [0.2, 0.25) is 5.91 Å². The van der Waals surface area contributed by atoms with Gasteiger partial charge in [-0.3, -0.25) is 4.79 Å². The smallest absolute Gasteiger partial charge is 0.328 e. The number of rotatable bonds is 5. The van der Waals surface area contributed by atoms with E-state index in [2.05, 4.69) is 39.2 Å². The summed E-state index contributed by atoms with van der Waals surface area (Å²) in [6.45, 7) is 11.1. The Morgan fingerprint density at radius 3 is 2.19 bits per heavy atom. The van der Waals surface area contributed by atoms with Crippen LogP contribution in [-0.4, -0.2) is 43.5 Å². The maximum absolute atomic E-state index is 12.2. The van der Waals surface area contributed by atoms with Gasteiger partial charge < -0.3 is 15.5 Å². The number of carbonyl (C=O) groups is 2. The fraction of sp³-hybridized carbons (Fsp3) is 0.579. The molecule has 1 saturated carbocycles. The Kier molecular flexibility index (Phi) is 7.86. The van der Waals surface area contributed by atoms with Crippen molar-refractivity contribution in [2.45, 2.75) is 63.2 Å². The van der Waals surface area contributed by atoms with Crippen molar-refractivity contribution < 1.29 is 19.8 Å². The molecule has 5 nitrogen and oxygen atoms in total. The van der Waals surface area contributed by atoms with Crippen molar-refractivity contribution in [2.75, 3.05) is 6.61 Å². The number of carboxylic acids is 1. The predicted molar refractivity (Wildman–Crippen MR) is 108 cm³/mol. The Morgan fingerprint density at radius 2 is 1.85 bits per heavy atom. The molecule has 146 valence electrons. The van der Waals surface area contributed by atoms with Gasteiger partial charge >= 0.3 is 5.97 Å². The first kappa shape index (κ1) is 22.7. The first-order chi connectivity index (χ1) is 11.9. The summed E-state index contributed by atoms with van der Waals surface area (Å²) in [4.78, 5) is 23.0. The summed E-state index contributed by atoms with van der Waals surface area (Å²) in [6, 6.07) is 5.71. The lowest BCUT2D eigenvalue weighted by atomic mass is 9.94. The van der Waals surface area contributed by atoms with Gasteiger partial charge in [-0.1, -0.05) is 57.6 Å². The maximum Gasteiger partial charge on any atom is 0.328 e. The van der Waals surface area contributed by atoms with Crippen LogP contribution >= 0.6 is 11.6 Å². The molecular formula is C19H30ClNO4Si. The maximum atomic E-state index is 12.2. The van der Waals surface area contributed by atoms with Gasteiger partial charge in [0.15, 0.2) is 0 Å². The number of nitrogens with one attached hydrogen (secondary N) is 1. The SMILES string of the molecule is C[SiH](C)C(C)(C)C.O=C(O)[C@H](CO)NC(=O)C1(c2cccc(Cl)c2)CC1. The highest BCUT2D eigenvalue weighted by atomic mass is 35.5. The second-order valence-corrected chi connectivity index (χ2v) is 12.6. The third kappa shape index (κ3) is 6.11. The standard InChI is InChI=1S/C13H14ClNO4.C6H16Si/c14-9-3-1-2-8(6-9)13(4-5-13)12(19)15-10(7-16)11(17)18;1-6(2,3)7(4)5/h1-3,6,10,16H,4-5,7H2,(H,15,19)(H,17,18);7H,1-5H3/t10-;/m0./s1. The molecule has 1 aromatic rings. The highest BCUT2D eigenvalue weighted by molar-refractivity contribution is 6.59. The van der Waals surface area contributed by atoms with Crippen LogP contribution in [0.25, 0.3) is 0 Å². The molecule has 26 heavy (non-hydrogen) atoms. The molecule has 1 aliphatic carbocycles. The Hall–Kier alpha value is -1.37. The van der Waals surface area contributed by atoms with E-state index in [1.807, 2.05) is 0 Å². The van der Waals surface area contributed by atoms with Crippen molar-refractivity contribution in [1.29, 1.82) is 0 Å². The Labute approximate surface area is 162 Å². The summed E-state index contributed by atoms with van der Waals surface area (Å²) in [7, 11) is -0.359. The number of amides is 1. The molecule has 1 fully saturated rings. The van der Waals surface area contributed by atoms with Crippen LogP contribution < -0.4 is 5.32 Å². The van der Waals surface area contributed by atoms with E-state index in [1.54, 1.807) is 24.3 Å². The molecule has 0 aromatic heterocycles. The molecule has 1 amide bonds. The summed E-state index contributed by atoms with van der Waals surface area (Å²) in [5, 5.41) is 21.3. The number of carbonyl (C=O) groups excluding carboxylic acids is 1. The molecule has 0 radical (unpaired) electrons. The third-order valence-corrected chi connectivity index (χ3v) is 8.78. The van der Waals surface area contributed by atoms with Crippen LogP contribution in [0.2, 0.25) is 23.2 Å². The van der Waals surface area contributed by atoms with Gasteiger partial charge in [-0.05, 0) is 35.6 Å². The van der Waals surface area contributed by atoms with Crippen molar-refractivity contribution >= 4 is 32.3 Å². The van der Waals surface area contributed by atoms with Crippen LogP contribution in [0.3, 0.4) is 0 Å². The summed E-state index contributed by atoms with van der Waals surface area (Å²) < 4.78 is 0. The number of aliphatic carboxylic acids is 1. The first-order valence-electron chi connectivity index (χ1n) is 8.84. The molecule has 2 rings (SSSR count). The van der Waals surface area contributed by atoms with Gasteiger partial charge in [0.05, 0.1) is 12.0 Å². The lowest BCUT2D eigenvalue weighted by Crippen LogP contribution is -2.47. The van der Waals surface area contributed by atoms with Crippen molar-refractivity contribution in [3.05, 3.63) is 34.9 Å². The first-order valence-corrected chi connectivity index (χ1v) is 12.1. The van der Waals surface area contributed by atoms with E-state index in [4.69, 9.17) is 21.8 Å². The van der Waals surface area contributed by atoms with Crippen molar-refractivity contribution in [2.24, 2.45) is 0 Å². The minimum Gasteiger partial charge on any atom is -0.480 e. The lowest BCUT2D eigenvalue weighted by molar-refractivity contribution is -0.143. The molecular weight excluding hydrogens is 370 g/mol. The monoisotopic (exact) mass is 399 g/mol. The van der Waals surface area contributed by atoms with Gasteiger partial charge in [0.1, 0.15) is 6.04 Å². The quantitative estimate of drug-likeness (QED) is 0.663. The largest absolute Gasteiger partial charge is 0.480 e. The van der Waals surface area contributed by atoms with Crippen LogP contribution in [0.15, 0.2) is 24.3 Å². The van der Waals surface area contributed by atoms with Crippen LogP contribution in [0.5, 0.6) is 0 Å². The number of halogens is 1. The van der Waals surface area contributed by atoms with Gasteiger partial charge in [-0.2, -0.15) is 0 Å². The number of hydrogen-bond acceptors (Lipinski definition) is 3. The Bertz CT molecular complexity index is 639. The third-order valence-electron chi connectivity index (χ3n) is 5.08. The number of hydrogen-bond donors (Lipinski definition) is 3. The molecule has 7 heteroatoms. The second-order valence-electron chi connectivity index (χ2n) is 8.16. The predicted octanol–water partition coefficient (Wildman–Crippen LogP) is 3.21. The molecule has 0 spiro atoms. The van der Waals surface area contributed by atoms with Gasteiger partial charge in [0, 0.05) is 13.8 Å². The van der Waals surface area contributed by atoms with E-state index >= 15 is 0 Å². The number of benzene rings is 1. The van der Waals surface area contributed by atoms with Gasteiger partial charge in [0.25, 0.3) is 0 Å². The summed E-state index contributed by atoms with van der Waals surface area (Å²) in [6.07, 6.45) is 1.30. The van der Waals surface area contributed by atoms with Gasteiger partial charge in [-0.15, -0.1) is 0 Å². The van der Waals surface area contributed by atoms with Crippen LogP contribution in [-0.2, 0) is 15.0 Å². The molecule has 0 bridgehead atoms. The molecule has 0 heterocycles. The number of aliphatic hydroxyl groups is 1. The zero-order chi connectivity index (χ0) is 20.1. The molecule has 1 atom stereocenters. The topological polar surface area (TPSA) is 86.6 Å². The molecule has 0 saturated heterocycles. The van der Waals surface area contributed by atoms with Crippen molar-refractivity contribution in [3.63, 3.8) is 0 Å². The lowest BCUT2D eigenvalue weighted by Gasteiger charge is -2.21. The van der Waals surface area contributed by atoms with E-state index in [1.165, 1.54) is 0 Å². The van der Waals surface area contributed by atoms with E-state index < -0.39 is 24.0 Å². The highest BCUT2D eigenvalue weighted by Gasteiger charge is 2.52. The summed E-state index contributed by atoms with van der Waals surface area (Å²) in [5.41, 5.74) is 0.0768. The van der Waals surface area contributed by atoms with E-state index in [0.29, 0.717) is 22.9 Å². The van der Waals surface area contributed by atoms with Gasteiger partial charge in [-0.25, -0.2) is 4.79 Å². The second kappa shape index (κ2) is 9.02. The zero-order valence-corrected chi connectivity index (χ0v) is 18.1. The number of carboxylic acid groups (broad SMARTS) is 1. The zero-order valence-electron chi connectivity index (χ0n) is 16.2. The molecule has 0 aliphatic heterocycles. The van der Waals surface area contributed by atoms with E-state index in [-0.39, 0.29) is 14.7 Å². The van der Waals surface area contributed by atoms with Crippen molar-refractivity contribution in [3.8, 4) is 0 Å². The molecule has 0 unspecified atom stereocenters. The van der Waals surface area contributed by atoms with Crippen LogP contribution in [0.1, 0.15) is 39.2 Å². The average molecular weight is 400 g/mol. The van der Waals surface area contributed by atoms with Crippen LogP contribution in [0, 0.1) is 0 Å². The average Bonchev–Trinajstić information content (AvgIpc) is 3.33.